The summed E-state index contributed by atoms with van der Waals surface area (Å²) in [5.74, 6) is 0.164. The maximum absolute atomic E-state index is 12.2. The Morgan fingerprint density at radius 1 is 1.24 bits per heavy atom. The Hall–Kier alpha value is -3.35. The molecule has 0 unspecified atom stereocenters. The number of aliphatic imine (C=N–C) groups is 1. The van der Waals surface area contributed by atoms with Crippen molar-refractivity contribution < 1.29 is 9.52 Å². The van der Waals surface area contributed by atoms with Crippen LogP contribution in [0.2, 0.25) is 0 Å². The van der Waals surface area contributed by atoms with Crippen LogP contribution in [0, 0.1) is 13.8 Å². The fraction of sp³-hybridized carbons (Fsp3) is 0.167. The van der Waals surface area contributed by atoms with Crippen LogP contribution in [0.25, 0.3) is 5.69 Å². The lowest BCUT2D eigenvalue weighted by Crippen LogP contribution is -2.31. The van der Waals surface area contributed by atoms with Gasteiger partial charge in [-0.2, -0.15) is 0 Å². The Morgan fingerprint density at radius 2 is 1.96 bits per heavy atom. The highest BCUT2D eigenvalue weighted by Gasteiger charge is 2.14. The van der Waals surface area contributed by atoms with Crippen molar-refractivity contribution in [1.82, 2.24) is 9.55 Å². The molecule has 0 spiro atoms. The van der Waals surface area contributed by atoms with E-state index in [0.717, 1.165) is 15.7 Å². The van der Waals surface area contributed by atoms with E-state index in [2.05, 4.69) is 9.98 Å². The molecule has 7 heteroatoms. The summed E-state index contributed by atoms with van der Waals surface area (Å²) in [4.78, 5) is 30.5. The molecule has 0 saturated heterocycles. The van der Waals surface area contributed by atoms with Crippen molar-refractivity contribution in [2.75, 3.05) is 0 Å². The molecule has 1 aromatic carbocycles. The summed E-state index contributed by atoms with van der Waals surface area (Å²) in [7, 11) is 0. The van der Waals surface area contributed by atoms with Gasteiger partial charge in [-0.15, -0.1) is 0 Å². The molecule has 2 heterocycles. The molecule has 0 radical (unpaired) electrons. The molecule has 25 heavy (non-hydrogen) atoms. The topological polar surface area (TPSA) is 101 Å². The summed E-state index contributed by atoms with van der Waals surface area (Å²) < 4.78 is 6.20. The number of H-pyrrole nitrogens is 1. The Bertz CT molecular complexity index is 1020. The van der Waals surface area contributed by atoms with E-state index in [1.807, 2.05) is 19.9 Å². The van der Waals surface area contributed by atoms with E-state index in [0.29, 0.717) is 11.4 Å². The zero-order valence-corrected chi connectivity index (χ0v) is 13.8. The molecule has 0 bridgehead atoms. The van der Waals surface area contributed by atoms with Crippen molar-refractivity contribution in [3.05, 3.63) is 79.9 Å². The zero-order chi connectivity index (χ0) is 18.0. The lowest BCUT2D eigenvalue weighted by atomic mass is 10.1. The maximum atomic E-state index is 12.2. The molecule has 0 fully saturated rings. The van der Waals surface area contributed by atoms with Crippen LogP contribution in [-0.4, -0.2) is 20.9 Å². The van der Waals surface area contributed by atoms with E-state index < -0.39 is 17.1 Å². The minimum absolute atomic E-state index is 0.0923. The van der Waals surface area contributed by atoms with Crippen LogP contribution in [0.1, 0.15) is 22.5 Å². The number of aromatic amines is 1. The molecule has 0 aliphatic rings. The Labute approximate surface area is 142 Å². The van der Waals surface area contributed by atoms with Gasteiger partial charge in [0.1, 0.15) is 11.3 Å². The zero-order valence-electron chi connectivity index (χ0n) is 13.8. The van der Waals surface area contributed by atoms with Crippen molar-refractivity contribution in [2.24, 2.45) is 4.99 Å². The van der Waals surface area contributed by atoms with Gasteiger partial charge in [-0.25, -0.2) is 9.36 Å². The molecule has 0 saturated carbocycles. The third-order valence-corrected chi connectivity index (χ3v) is 3.63. The first-order chi connectivity index (χ1) is 12.0. The number of aromatic hydroxyl groups is 1. The minimum atomic E-state index is -0.712. The first-order valence-corrected chi connectivity index (χ1v) is 7.65. The van der Waals surface area contributed by atoms with Gasteiger partial charge in [0.25, 0.3) is 5.56 Å². The van der Waals surface area contributed by atoms with Crippen LogP contribution in [0.3, 0.4) is 0 Å². The molecule has 7 nitrogen and oxygen atoms in total. The average Bonchev–Trinajstić information content (AvgIpc) is 3.02. The SMILES string of the molecule is Cc1cc(C)cc(-n2c(O)c(C=NCc3ccco3)c(=O)[nH]c2=O)c1. The monoisotopic (exact) mass is 339 g/mol. The van der Waals surface area contributed by atoms with Crippen LogP contribution >= 0.6 is 0 Å². The molecular formula is C18H17N3O4. The number of nitrogens with one attached hydrogen (secondary N) is 1. The van der Waals surface area contributed by atoms with Crippen molar-refractivity contribution in [1.29, 1.82) is 0 Å². The smallest absolute Gasteiger partial charge is 0.335 e. The normalized spacial score (nSPS) is 11.3. The highest BCUT2D eigenvalue weighted by atomic mass is 16.3. The Balaban J connectivity index is 2.07. The number of aryl methyl sites for hydroxylation is 2. The molecule has 3 aromatic rings. The van der Waals surface area contributed by atoms with Gasteiger partial charge in [-0.05, 0) is 49.2 Å². The van der Waals surface area contributed by atoms with Crippen molar-refractivity contribution in [3.63, 3.8) is 0 Å². The van der Waals surface area contributed by atoms with Gasteiger partial charge in [0.15, 0.2) is 0 Å². The molecule has 128 valence electrons. The summed E-state index contributed by atoms with van der Waals surface area (Å²) in [6.07, 6.45) is 2.75. The van der Waals surface area contributed by atoms with Gasteiger partial charge >= 0.3 is 5.69 Å². The third-order valence-electron chi connectivity index (χ3n) is 3.63. The summed E-state index contributed by atoms with van der Waals surface area (Å²) >= 11 is 0. The number of furan rings is 1. The number of benzene rings is 1. The van der Waals surface area contributed by atoms with E-state index in [4.69, 9.17) is 4.42 Å². The number of hydrogen-bond donors (Lipinski definition) is 2. The Morgan fingerprint density at radius 3 is 2.60 bits per heavy atom. The van der Waals surface area contributed by atoms with Crippen molar-refractivity contribution in [3.8, 4) is 11.6 Å². The lowest BCUT2D eigenvalue weighted by molar-refractivity contribution is 0.430. The molecular weight excluding hydrogens is 322 g/mol. The number of hydrogen-bond acceptors (Lipinski definition) is 5. The quantitative estimate of drug-likeness (QED) is 0.711. The summed E-state index contributed by atoms with van der Waals surface area (Å²) in [5.41, 5.74) is 0.824. The van der Waals surface area contributed by atoms with E-state index in [-0.39, 0.29) is 12.1 Å². The molecule has 3 rings (SSSR count). The number of nitrogens with zero attached hydrogens (tertiary/aromatic N) is 2. The first-order valence-electron chi connectivity index (χ1n) is 7.65. The lowest BCUT2D eigenvalue weighted by Gasteiger charge is -2.11. The number of aromatic nitrogens is 2. The van der Waals surface area contributed by atoms with Crippen LogP contribution in [-0.2, 0) is 6.54 Å². The number of rotatable bonds is 4. The summed E-state index contributed by atoms with van der Waals surface area (Å²) in [6, 6.07) is 8.92. The van der Waals surface area contributed by atoms with Gasteiger partial charge < -0.3 is 9.52 Å². The summed E-state index contributed by atoms with van der Waals surface area (Å²) in [6.45, 7) is 3.99. The third kappa shape index (κ3) is 3.45. The second-order valence-electron chi connectivity index (χ2n) is 5.73. The van der Waals surface area contributed by atoms with Crippen LogP contribution < -0.4 is 11.2 Å². The Kier molecular flexibility index (Phi) is 4.38. The van der Waals surface area contributed by atoms with Gasteiger partial charge in [0.2, 0.25) is 5.88 Å². The predicted octanol–water partition coefficient (Wildman–Crippen LogP) is 2.06. The van der Waals surface area contributed by atoms with Gasteiger partial charge in [0, 0.05) is 6.21 Å². The molecule has 0 aliphatic heterocycles. The highest BCUT2D eigenvalue weighted by molar-refractivity contribution is 5.82. The summed E-state index contributed by atoms with van der Waals surface area (Å²) in [5, 5.41) is 10.5. The standard InChI is InChI=1S/C18H17N3O4/c1-11-6-12(2)8-13(7-11)21-17(23)15(16(22)20-18(21)24)10-19-9-14-4-3-5-25-14/h3-8,10,23H,9H2,1-2H3,(H,20,22,24). The second-order valence-corrected chi connectivity index (χ2v) is 5.73. The van der Waals surface area contributed by atoms with E-state index in [1.165, 1.54) is 12.5 Å². The van der Waals surface area contributed by atoms with Gasteiger partial charge in [-0.3, -0.25) is 14.8 Å². The second kappa shape index (κ2) is 6.64. The first kappa shape index (κ1) is 16.5. The van der Waals surface area contributed by atoms with Gasteiger partial charge in [-0.1, -0.05) is 6.07 Å². The van der Waals surface area contributed by atoms with Crippen molar-refractivity contribution in [2.45, 2.75) is 20.4 Å². The molecule has 2 N–H and O–H groups in total. The molecule has 0 amide bonds. The van der Waals surface area contributed by atoms with E-state index in [9.17, 15) is 14.7 Å². The van der Waals surface area contributed by atoms with E-state index in [1.54, 1.807) is 24.3 Å². The molecule has 0 aliphatic carbocycles. The fourth-order valence-electron chi connectivity index (χ4n) is 2.60. The van der Waals surface area contributed by atoms with Crippen LogP contribution in [0.5, 0.6) is 5.88 Å². The van der Waals surface area contributed by atoms with E-state index >= 15 is 0 Å². The van der Waals surface area contributed by atoms with Crippen molar-refractivity contribution >= 4 is 6.21 Å². The fourth-order valence-corrected chi connectivity index (χ4v) is 2.60. The van der Waals surface area contributed by atoms with Gasteiger partial charge in [0.05, 0.1) is 18.5 Å². The predicted molar refractivity (Wildman–Crippen MR) is 93.8 cm³/mol. The minimum Gasteiger partial charge on any atom is -0.493 e. The molecule has 2 aromatic heterocycles. The maximum Gasteiger partial charge on any atom is 0.335 e. The largest absolute Gasteiger partial charge is 0.493 e. The van der Waals surface area contributed by atoms with Crippen LogP contribution in [0.4, 0.5) is 0 Å². The molecule has 0 atom stereocenters. The van der Waals surface area contributed by atoms with Crippen LogP contribution in [0.15, 0.2) is 55.6 Å². The average molecular weight is 339 g/mol. The highest BCUT2D eigenvalue weighted by Crippen LogP contribution is 2.18.